The molecule has 0 aromatic heterocycles. The summed E-state index contributed by atoms with van der Waals surface area (Å²) in [5.74, 6) is 0. The summed E-state index contributed by atoms with van der Waals surface area (Å²) in [7, 11) is -3.43. The Morgan fingerprint density at radius 3 is 2.50 bits per heavy atom. The molecular weight excluding hydrogens is 276 g/mol. The van der Waals surface area contributed by atoms with Crippen LogP contribution in [0.3, 0.4) is 0 Å². The van der Waals surface area contributed by atoms with Gasteiger partial charge in [0, 0.05) is 12.6 Å². The number of hydrogen-bond acceptors (Lipinski definition) is 4. The zero-order chi connectivity index (χ0) is 14.6. The van der Waals surface area contributed by atoms with E-state index >= 15 is 0 Å². The van der Waals surface area contributed by atoms with Gasteiger partial charge >= 0.3 is 0 Å². The topological polar surface area (TPSA) is 81.4 Å². The molecule has 0 heterocycles. The largest absolute Gasteiger partial charge is 0.378 e. The van der Waals surface area contributed by atoms with Crippen molar-refractivity contribution in [3.8, 4) is 0 Å². The first-order valence-corrected chi connectivity index (χ1v) is 8.46. The minimum atomic E-state index is -3.43. The van der Waals surface area contributed by atoms with Crippen LogP contribution in [0.4, 0.5) is 0 Å². The summed E-state index contributed by atoms with van der Waals surface area (Å²) in [6, 6.07) is 6.87. The van der Waals surface area contributed by atoms with Crippen molar-refractivity contribution in [2.24, 2.45) is 5.73 Å². The Labute approximate surface area is 120 Å². The van der Waals surface area contributed by atoms with Crippen molar-refractivity contribution in [2.75, 3.05) is 13.2 Å². The lowest BCUT2D eigenvalue weighted by atomic mass is 9.90. The second-order valence-electron chi connectivity index (χ2n) is 5.05. The van der Waals surface area contributed by atoms with E-state index in [-0.39, 0.29) is 12.1 Å². The van der Waals surface area contributed by atoms with Gasteiger partial charge in [-0.25, -0.2) is 13.1 Å². The molecule has 1 aliphatic carbocycles. The zero-order valence-corrected chi connectivity index (χ0v) is 12.5. The first kappa shape index (κ1) is 15.4. The van der Waals surface area contributed by atoms with E-state index in [2.05, 4.69) is 4.72 Å². The molecule has 0 radical (unpaired) electrons. The maximum Gasteiger partial charge on any atom is 0.240 e. The summed E-state index contributed by atoms with van der Waals surface area (Å²) in [5, 5.41) is 0. The van der Waals surface area contributed by atoms with Gasteiger partial charge in [0.15, 0.2) is 0 Å². The number of hydrogen-bond donors (Lipinski definition) is 2. The van der Waals surface area contributed by atoms with Crippen LogP contribution in [0.15, 0.2) is 29.2 Å². The van der Waals surface area contributed by atoms with Gasteiger partial charge in [0.25, 0.3) is 0 Å². The molecule has 0 atom stereocenters. The summed E-state index contributed by atoms with van der Waals surface area (Å²) < 4.78 is 32.5. The fourth-order valence-electron chi connectivity index (χ4n) is 2.32. The van der Waals surface area contributed by atoms with Crippen molar-refractivity contribution in [1.29, 1.82) is 0 Å². The predicted molar refractivity (Wildman–Crippen MR) is 78.0 cm³/mol. The third kappa shape index (κ3) is 3.79. The number of ether oxygens (including phenoxy) is 1. The van der Waals surface area contributed by atoms with E-state index in [1.165, 1.54) is 0 Å². The molecule has 1 aromatic rings. The normalized spacial score (nSPS) is 22.5. The molecule has 5 nitrogen and oxygen atoms in total. The lowest BCUT2D eigenvalue weighted by Crippen LogP contribution is -2.47. The van der Waals surface area contributed by atoms with Crippen LogP contribution in [-0.4, -0.2) is 33.7 Å². The molecule has 0 bridgehead atoms. The van der Waals surface area contributed by atoms with Crippen molar-refractivity contribution in [1.82, 2.24) is 4.72 Å². The van der Waals surface area contributed by atoms with Crippen LogP contribution >= 0.6 is 0 Å². The molecule has 0 spiro atoms. The van der Waals surface area contributed by atoms with Crippen LogP contribution in [0, 0.1) is 0 Å². The first-order valence-electron chi connectivity index (χ1n) is 6.98. The Bertz CT molecular complexity index is 522. The fourth-order valence-corrected chi connectivity index (χ4v) is 3.58. The molecule has 112 valence electrons. The molecule has 0 saturated heterocycles. The van der Waals surface area contributed by atoms with E-state index < -0.39 is 10.0 Å². The molecule has 1 aromatic carbocycles. The van der Waals surface area contributed by atoms with Gasteiger partial charge in [0.1, 0.15) is 0 Å². The molecule has 1 aliphatic rings. The van der Waals surface area contributed by atoms with Crippen LogP contribution in [-0.2, 0) is 21.2 Å². The van der Waals surface area contributed by atoms with Crippen molar-refractivity contribution in [2.45, 2.75) is 43.2 Å². The highest BCUT2D eigenvalue weighted by atomic mass is 32.2. The van der Waals surface area contributed by atoms with Crippen LogP contribution in [0.1, 0.15) is 25.3 Å². The lowest BCUT2D eigenvalue weighted by molar-refractivity contribution is -0.00475. The number of nitrogens with two attached hydrogens (primary N) is 1. The third-order valence-corrected chi connectivity index (χ3v) is 5.02. The Kier molecular flexibility index (Phi) is 5.15. The van der Waals surface area contributed by atoms with E-state index in [0.29, 0.717) is 18.0 Å². The van der Waals surface area contributed by atoms with E-state index in [1.807, 2.05) is 19.1 Å². The smallest absolute Gasteiger partial charge is 0.240 e. The monoisotopic (exact) mass is 298 g/mol. The molecular formula is C14H22N2O3S. The van der Waals surface area contributed by atoms with E-state index in [4.69, 9.17) is 10.5 Å². The summed E-state index contributed by atoms with van der Waals surface area (Å²) in [6.07, 6.45) is 2.45. The second kappa shape index (κ2) is 6.67. The standard InChI is InChI=1S/C14H22N2O3S/c1-2-19-13-9-12(10-13)16-20(17,18)14-5-3-11(4-6-14)7-8-15/h3-6,12-13,16H,2,7-10,15H2,1H3. The van der Waals surface area contributed by atoms with Gasteiger partial charge in [-0.05, 0) is 50.4 Å². The van der Waals surface area contributed by atoms with Gasteiger partial charge in [0.2, 0.25) is 10.0 Å². The quantitative estimate of drug-likeness (QED) is 0.788. The van der Waals surface area contributed by atoms with Gasteiger partial charge in [0.05, 0.1) is 11.0 Å². The highest BCUT2D eigenvalue weighted by molar-refractivity contribution is 7.89. The fraction of sp³-hybridized carbons (Fsp3) is 0.571. The number of rotatable bonds is 7. The maximum atomic E-state index is 12.2. The second-order valence-corrected chi connectivity index (χ2v) is 6.76. The Morgan fingerprint density at radius 2 is 1.95 bits per heavy atom. The molecule has 1 saturated carbocycles. The molecule has 20 heavy (non-hydrogen) atoms. The summed E-state index contributed by atoms with van der Waals surface area (Å²) in [6.45, 7) is 3.18. The van der Waals surface area contributed by atoms with Crippen LogP contribution in [0.2, 0.25) is 0 Å². The highest BCUT2D eigenvalue weighted by Crippen LogP contribution is 2.25. The molecule has 0 unspecified atom stereocenters. The van der Waals surface area contributed by atoms with Crippen molar-refractivity contribution >= 4 is 10.0 Å². The Balaban J connectivity index is 1.93. The first-order chi connectivity index (χ1) is 9.55. The van der Waals surface area contributed by atoms with E-state index in [9.17, 15) is 8.42 Å². The van der Waals surface area contributed by atoms with Gasteiger partial charge in [-0.2, -0.15) is 0 Å². The van der Waals surface area contributed by atoms with Crippen LogP contribution < -0.4 is 10.5 Å². The maximum absolute atomic E-state index is 12.2. The van der Waals surface area contributed by atoms with Gasteiger partial charge in [-0.15, -0.1) is 0 Å². The van der Waals surface area contributed by atoms with Gasteiger partial charge < -0.3 is 10.5 Å². The minimum absolute atomic E-state index is 0.0136. The summed E-state index contributed by atoms with van der Waals surface area (Å²) in [5.41, 5.74) is 6.52. The average molecular weight is 298 g/mol. The van der Waals surface area contributed by atoms with Crippen LogP contribution in [0.25, 0.3) is 0 Å². The molecule has 3 N–H and O–H groups in total. The third-order valence-electron chi connectivity index (χ3n) is 3.49. The zero-order valence-electron chi connectivity index (χ0n) is 11.7. The highest BCUT2D eigenvalue weighted by Gasteiger charge is 2.33. The van der Waals surface area contributed by atoms with Gasteiger partial charge in [-0.1, -0.05) is 12.1 Å². The van der Waals surface area contributed by atoms with E-state index in [1.54, 1.807) is 12.1 Å². The molecule has 0 amide bonds. The van der Waals surface area contributed by atoms with E-state index in [0.717, 1.165) is 24.8 Å². The van der Waals surface area contributed by atoms with Crippen molar-refractivity contribution in [3.63, 3.8) is 0 Å². The van der Waals surface area contributed by atoms with Crippen molar-refractivity contribution in [3.05, 3.63) is 29.8 Å². The molecule has 2 rings (SSSR count). The number of nitrogens with one attached hydrogen (secondary N) is 1. The number of sulfonamides is 1. The van der Waals surface area contributed by atoms with Crippen molar-refractivity contribution < 1.29 is 13.2 Å². The summed E-state index contributed by atoms with van der Waals surface area (Å²) >= 11 is 0. The molecule has 6 heteroatoms. The van der Waals surface area contributed by atoms with Gasteiger partial charge in [-0.3, -0.25) is 0 Å². The lowest BCUT2D eigenvalue weighted by Gasteiger charge is -2.35. The molecule has 0 aliphatic heterocycles. The Hall–Kier alpha value is -0.950. The minimum Gasteiger partial charge on any atom is -0.378 e. The number of benzene rings is 1. The predicted octanol–water partition coefficient (Wildman–Crippen LogP) is 1.03. The SMILES string of the molecule is CCOC1CC(NS(=O)(=O)c2ccc(CCN)cc2)C1. The average Bonchev–Trinajstić information content (AvgIpc) is 2.37. The molecule has 1 fully saturated rings. The van der Waals surface area contributed by atoms with Crippen LogP contribution in [0.5, 0.6) is 0 Å². The Morgan fingerprint density at radius 1 is 1.30 bits per heavy atom. The summed E-state index contributed by atoms with van der Waals surface area (Å²) in [4.78, 5) is 0.304.